The van der Waals surface area contributed by atoms with E-state index in [1.807, 2.05) is 36.4 Å². The summed E-state index contributed by atoms with van der Waals surface area (Å²) in [5.74, 6) is 0.249. The quantitative estimate of drug-likeness (QED) is 0.141. The second-order valence-electron chi connectivity index (χ2n) is 10.0. The SMILES string of the molecule is C=C/C=C\C(=C)c1ccc(O)c(-c2nc(-c3cc(/C(C=C)=C/C=C)ccc3O)nc(-c3cc(-c4ccccc4)ccc3O)n2)c1. The molecule has 0 amide bonds. The monoisotopic (exact) mass is 589 g/mol. The van der Waals surface area contributed by atoms with Crippen molar-refractivity contribution in [2.75, 3.05) is 0 Å². The highest BCUT2D eigenvalue weighted by atomic mass is 16.3. The molecule has 0 aliphatic rings. The Bertz CT molecular complexity index is 2010. The number of aromatic hydroxyl groups is 3. The third kappa shape index (κ3) is 6.55. The molecule has 0 atom stereocenters. The molecule has 1 aromatic heterocycles. The molecular weight excluding hydrogens is 558 g/mol. The van der Waals surface area contributed by atoms with Gasteiger partial charge in [0.1, 0.15) is 17.2 Å². The van der Waals surface area contributed by atoms with Gasteiger partial charge in [0, 0.05) is 0 Å². The maximum absolute atomic E-state index is 11.0. The molecule has 0 aliphatic carbocycles. The zero-order valence-corrected chi connectivity index (χ0v) is 24.6. The van der Waals surface area contributed by atoms with Crippen LogP contribution in [0.15, 0.2) is 148 Å². The first-order valence-electron chi connectivity index (χ1n) is 14.1. The molecule has 0 radical (unpaired) electrons. The van der Waals surface area contributed by atoms with Crippen molar-refractivity contribution in [3.8, 4) is 62.5 Å². The van der Waals surface area contributed by atoms with Crippen molar-refractivity contribution in [3.05, 3.63) is 159 Å². The van der Waals surface area contributed by atoms with Crippen molar-refractivity contribution in [3.63, 3.8) is 0 Å². The minimum Gasteiger partial charge on any atom is -0.507 e. The van der Waals surface area contributed by atoms with E-state index in [2.05, 4.69) is 26.3 Å². The van der Waals surface area contributed by atoms with E-state index < -0.39 is 0 Å². The van der Waals surface area contributed by atoms with Crippen LogP contribution in [0.5, 0.6) is 17.2 Å². The molecule has 0 saturated heterocycles. The van der Waals surface area contributed by atoms with Crippen molar-refractivity contribution in [1.82, 2.24) is 15.0 Å². The van der Waals surface area contributed by atoms with Gasteiger partial charge in [-0.15, -0.1) is 0 Å². The van der Waals surface area contributed by atoms with Gasteiger partial charge in [-0.3, -0.25) is 0 Å². The molecule has 0 bridgehead atoms. The number of hydrogen-bond acceptors (Lipinski definition) is 6. The molecular formula is C39H31N3O3. The first-order valence-corrected chi connectivity index (χ1v) is 14.1. The maximum atomic E-state index is 11.0. The minimum absolute atomic E-state index is 0.0421. The molecule has 6 nitrogen and oxygen atoms in total. The molecule has 1 heterocycles. The summed E-state index contributed by atoms with van der Waals surface area (Å²) in [5, 5.41) is 33.0. The van der Waals surface area contributed by atoms with Crippen LogP contribution in [0, 0.1) is 0 Å². The molecule has 4 aromatic carbocycles. The van der Waals surface area contributed by atoms with E-state index in [0.717, 1.165) is 27.8 Å². The average molecular weight is 590 g/mol. The summed E-state index contributed by atoms with van der Waals surface area (Å²) in [4.78, 5) is 14.2. The Balaban J connectivity index is 1.77. The molecule has 0 fully saturated rings. The number of nitrogens with zero attached hydrogens (tertiary/aromatic N) is 3. The van der Waals surface area contributed by atoms with Gasteiger partial charge in [-0.1, -0.05) is 111 Å². The zero-order chi connectivity index (χ0) is 31.9. The van der Waals surface area contributed by atoms with Crippen LogP contribution < -0.4 is 0 Å². The van der Waals surface area contributed by atoms with Crippen molar-refractivity contribution < 1.29 is 15.3 Å². The van der Waals surface area contributed by atoms with Crippen LogP contribution in [0.25, 0.3) is 56.4 Å². The van der Waals surface area contributed by atoms with Crippen molar-refractivity contribution in [2.45, 2.75) is 0 Å². The molecule has 5 rings (SSSR count). The number of benzene rings is 4. The summed E-state index contributed by atoms with van der Waals surface area (Å²) in [6.45, 7) is 15.5. The van der Waals surface area contributed by atoms with Crippen LogP contribution in [0.3, 0.4) is 0 Å². The summed E-state index contributed by atoms with van der Waals surface area (Å²) in [6, 6.07) is 25.0. The largest absolute Gasteiger partial charge is 0.507 e. The second kappa shape index (κ2) is 13.4. The minimum atomic E-state index is -0.0644. The maximum Gasteiger partial charge on any atom is 0.167 e. The summed E-state index contributed by atoms with van der Waals surface area (Å²) in [6.07, 6.45) is 10.4. The molecule has 220 valence electrons. The van der Waals surface area contributed by atoms with Gasteiger partial charge in [-0.2, -0.15) is 0 Å². The third-order valence-electron chi connectivity index (χ3n) is 7.11. The third-order valence-corrected chi connectivity index (χ3v) is 7.11. The van der Waals surface area contributed by atoms with Gasteiger partial charge in [0.2, 0.25) is 0 Å². The van der Waals surface area contributed by atoms with Crippen LogP contribution in [0.1, 0.15) is 11.1 Å². The highest BCUT2D eigenvalue weighted by Crippen LogP contribution is 2.38. The molecule has 45 heavy (non-hydrogen) atoms. The Morgan fingerprint density at radius 3 is 1.67 bits per heavy atom. The van der Waals surface area contributed by atoms with Gasteiger partial charge in [-0.25, -0.2) is 15.0 Å². The normalized spacial score (nSPS) is 11.3. The van der Waals surface area contributed by atoms with E-state index in [-0.39, 0.29) is 34.7 Å². The predicted molar refractivity (Wildman–Crippen MR) is 183 cm³/mol. The lowest BCUT2D eigenvalue weighted by Gasteiger charge is -2.13. The Morgan fingerprint density at radius 1 is 0.578 bits per heavy atom. The Morgan fingerprint density at radius 2 is 1.11 bits per heavy atom. The van der Waals surface area contributed by atoms with Crippen molar-refractivity contribution in [1.29, 1.82) is 0 Å². The fraction of sp³-hybridized carbons (Fsp3) is 0. The van der Waals surface area contributed by atoms with Gasteiger partial charge >= 0.3 is 0 Å². The van der Waals surface area contributed by atoms with E-state index in [0.29, 0.717) is 22.3 Å². The Kier molecular flexibility index (Phi) is 8.96. The summed E-state index contributed by atoms with van der Waals surface area (Å²) < 4.78 is 0. The molecule has 6 heteroatoms. The lowest BCUT2D eigenvalue weighted by molar-refractivity contribution is 0.476. The van der Waals surface area contributed by atoms with Crippen LogP contribution in [-0.4, -0.2) is 30.3 Å². The Labute approximate surface area is 262 Å². The smallest absolute Gasteiger partial charge is 0.167 e. The van der Waals surface area contributed by atoms with Crippen molar-refractivity contribution in [2.24, 2.45) is 0 Å². The Hall–Kier alpha value is -6.27. The topological polar surface area (TPSA) is 99.4 Å². The van der Waals surface area contributed by atoms with Gasteiger partial charge in [-0.05, 0) is 69.8 Å². The highest BCUT2D eigenvalue weighted by Gasteiger charge is 2.20. The first kappa shape index (κ1) is 30.2. The molecule has 3 N–H and O–H groups in total. The standard InChI is InChI=1S/C39H31N3O3/c1-5-8-13-25(4)28-16-19-34(43)31(22-28)37-40-38(32-23-29(17-20-35(32)44)26(7-3)12-6-2)42-39(41-37)33-24-30(18-21-36(33)45)27-14-10-9-11-15-27/h5-24,43-45H,1-4H2/b13-8-,26-12+. The number of rotatable bonds is 10. The number of phenolic OH excluding ortho intramolecular Hbond substituents is 3. The van der Waals surface area contributed by atoms with Crippen LogP contribution in [-0.2, 0) is 0 Å². The molecule has 5 aromatic rings. The van der Waals surface area contributed by atoms with E-state index in [9.17, 15) is 15.3 Å². The van der Waals surface area contributed by atoms with E-state index >= 15 is 0 Å². The van der Waals surface area contributed by atoms with Crippen LogP contribution >= 0.6 is 0 Å². The summed E-state index contributed by atoms with van der Waals surface area (Å²) in [7, 11) is 0. The highest BCUT2D eigenvalue weighted by molar-refractivity contribution is 5.82. The lowest BCUT2D eigenvalue weighted by Crippen LogP contribution is -2.01. The molecule has 0 unspecified atom stereocenters. The number of phenols is 3. The zero-order valence-electron chi connectivity index (χ0n) is 24.6. The average Bonchev–Trinajstić information content (AvgIpc) is 3.07. The fourth-order valence-electron chi connectivity index (χ4n) is 4.76. The van der Waals surface area contributed by atoms with Gasteiger partial charge < -0.3 is 15.3 Å². The second-order valence-corrected chi connectivity index (χ2v) is 10.0. The molecule has 0 saturated carbocycles. The van der Waals surface area contributed by atoms with Crippen molar-refractivity contribution >= 4 is 11.1 Å². The van der Waals surface area contributed by atoms with E-state index in [4.69, 9.17) is 15.0 Å². The van der Waals surface area contributed by atoms with Gasteiger partial charge in [0.25, 0.3) is 0 Å². The fourth-order valence-corrected chi connectivity index (χ4v) is 4.76. The number of allylic oxidation sites excluding steroid dienone is 8. The number of aromatic nitrogens is 3. The van der Waals surface area contributed by atoms with Crippen LogP contribution in [0.2, 0.25) is 0 Å². The first-order chi connectivity index (χ1) is 21.8. The van der Waals surface area contributed by atoms with E-state index in [1.54, 1.807) is 85.0 Å². The summed E-state index contributed by atoms with van der Waals surface area (Å²) >= 11 is 0. The molecule has 0 spiro atoms. The van der Waals surface area contributed by atoms with Gasteiger partial charge in [0.15, 0.2) is 17.5 Å². The van der Waals surface area contributed by atoms with Gasteiger partial charge in [0.05, 0.1) is 16.7 Å². The molecule has 0 aliphatic heterocycles. The lowest BCUT2D eigenvalue weighted by atomic mass is 10.0. The van der Waals surface area contributed by atoms with Crippen LogP contribution in [0.4, 0.5) is 0 Å². The predicted octanol–water partition coefficient (Wildman–Crippen LogP) is 9.17. The van der Waals surface area contributed by atoms with E-state index in [1.165, 1.54) is 0 Å². The summed E-state index contributed by atoms with van der Waals surface area (Å²) in [5.41, 5.74) is 5.74. The number of hydrogen-bond donors (Lipinski definition) is 3.